The number of aryl methyl sites for hydroxylation is 1. The van der Waals surface area contributed by atoms with E-state index in [-0.39, 0.29) is 18.3 Å². The molecule has 2 rings (SSSR count). The van der Waals surface area contributed by atoms with Crippen molar-refractivity contribution in [3.05, 3.63) is 29.8 Å². The van der Waals surface area contributed by atoms with Crippen LogP contribution >= 0.6 is 12.4 Å². The Morgan fingerprint density at radius 3 is 2.56 bits per heavy atom. The average Bonchev–Trinajstić information content (AvgIpc) is 2.29. The van der Waals surface area contributed by atoms with Gasteiger partial charge in [0.1, 0.15) is 0 Å². The lowest BCUT2D eigenvalue weighted by Gasteiger charge is -2.31. The van der Waals surface area contributed by atoms with Crippen LogP contribution in [0.5, 0.6) is 0 Å². The van der Waals surface area contributed by atoms with Gasteiger partial charge >= 0.3 is 0 Å². The molecule has 0 N–H and O–H groups in total. The zero-order chi connectivity index (χ0) is 10.7. The zero-order valence-corrected chi connectivity index (χ0v) is 10.3. The molecule has 2 nitrogen and oxygen atoms in total. The first kappa shape index (κ1) is 12.9. The second kappa shape index (κ2) is 5.77. The lowest BCUT2D eigenvalue weighted by Crippen LogP contribution is -2.33. The molecule has 0 radical (unpaired) electrons. The fourth-order valence-corrected chi connectivity index (χ4v) is 2.09. The van der Waals surface area contributed by atoms with Gasteiger partial charge in [0.2, 0.25) is 0 Å². The fraction of sp³-hybridized carbons (Fsp3) is 0.462. The molecule has 0 bridgehead atoms. The highest BCUT2D eigenvalue weighted by atomic mass is 35.5. The summed E-state index contributed by atoms with van der Waals surface area (Å²) in [5.74, 6) is 0.269. The molecule has 1 aromatic rings. The average molecular weight is 237 g/mol. The zero-order valence-electron chi connectivity index (χ0n) is 9.52. The summed E-state index contributed by atoms with van der Waals surface area (Å²) in [6.45, 7) is 4.15. The van der Waals surface area contributed by atoms with E-state index in [0.29, 0.717) is 0 Å². The second-order valence-corrected chi connectivity index (χ2v) is 4.23. The van der Waals surface area contributed by atoms with Crippen molar-refractivity contribution >= 4 is 18.1 Å². The van der Waals surface area contributed by atoms with Gasteiger partial charge in [-0.1, -0.05) is 12.1 Å². The molecular weight excluding hydrogens is 220 g/mol. The monoisotopic (exact) mass is 236 g/mol. The van der Waals surface area contributed by atoms with E-state index in [0.717, 1.165) is 25.9 Å². The van der Waals surface area contributed by atoms with Gasteiger partial charge in [-0.05, 0) is 37.5 Å². The van der Waals surface area contributed by atoms with Crippen LogP contribution in [0.3, 0.4) is 0 Å². The maximum atomic E-state index is 8.82. The highest BCUT2D eigenvalue weighted by Gasteiger charge is 2.18. The predicted molar refractivity (Wildman–Crippen MR) is 69.0 cm³/mol. The van der Waals surface area contributed by atoms with Crippen LogP contribution in [0.25, 0.3) is 0 Å². The summed E-state index contributed by atoms with van der Waals surface area (Å²) in [5.41, 5.74) is 2.60. The number of nitrogens with zero attached hydrogens (tertiary/aromatic N) is 2. The normalized spacial score (nSPS) is 16.4. The molecule has 0 aliphatic carbocycles. The fourth-order valence-electron chi connectivity index (χ4n) is 2.09. The number of benzene rings is 1. The molecule has 1 aliphatic heterocycles. The smallest absolute Gasteiger partial charge is 0.0657 e. The third kappa shape index (κ3) is 2.90. The molecular formula is C13H17ClN2. The first-order chi connectivity index (χ1) is 7.29. The number of hydrogen-bond acceptors (Lipinski definition) is 2. The van der Waals surface area contributed by atoms with E-state index in [4.69, 9.17) is 5.26 Å². The first-order valence-electron chi connectivity index (χ1n) is 5.51. The summed E-state index contributed by atoms with van der Waals surface area (Å²) in [6, 6.07) is 10.9. The van der Waals surface area contributed by atoms with Crippen molar-refractivity contribution < 1.29 is 0 Å². The molecule has 0 amide bonds. The number of rotatable bonds is 1. The number of hydrogen-bond donors (Lipinski definition) is 0. The molecule has 0 aromatic heterocycles. The van der Waals surface area contributed by atoms with Crippen LogP contribution in [0, 0.1) is 24.2 Å². The third-order valence-electron chi connectivity index (χ3n) is 3.04. The van der Waals surface area contributed by atoms with Crippen molar-refractivity contribution in [2.24, 2.45) is 5.92 Å². The van der Waals surface area contributed by atoms with Crippen molar-refractivity contribution in [2.75, 3.05) is 18.0 Å². The van der Waals surface area contributed by atoms with Crippen molar-refractivity contribution in [1.82, 2.24) is 0 Å². The van der Waals surface area contributed by atoms with Gasteiger partial charge in [0, 0.05) is 24.7 Å². The Hall–Kier alpha value is -1.20. The Morgan fingerprint density at radius 1 is 1.31 bits per heavy atom. The molecule has 86 valence electrons. The molecule has 1 aromatic carbocycles. The maximum Gasteiger partial charge on any atom is 0.0657 e. The van der Waals surface area contributed by atoms with E-state index in [1.807, 2.05) is 0 Å². The highest BCUT2D eigenvalue weighted by Crippen LogP contribution is 2.23. The molecule has 0 atom stereocenters. The van der Waals surface area contributed by atoms with Crippen LogP contribution in [-0.4, -0.2) is 13.1 Å². The number of piperidine rings is 1. The summed E-state index contributed by atoms with van der Waals surface area (Å²) >= 11 is 0. The van der Waals surface area contributed by atoms with Gasteiger partial charge in [-0.25, -0.2) is 0 Å². The molecule has 16 heavy (non-hydrogen) atoms. The maximum absolute atomic E-state index is 8.82. The largest absolute Gasteiger partial charge is 0.371 e. The van der Waals surface area contributed by atoms with Crippen LogP contribution in [0.4, 0.5) is 5.69 Å². The minimum absolute atomic E-state index is 0. The predicted octanol–water partition coefficient (Wildman–Crippen LogP) is 3.16. The van der Waals surface area contributed by atoms with Gasteiger partial charge < -0.3 is 4.90 Å². The van der Waals surface area contributed by atoms with E-state index in [9.17, 15) is 0 Å². The molecule has 3 heteroatoms. The van der Waals surface area contributed by atoms with Crippen molar-refractivity contribution in [3.8, 4) is 6.07 Å². The van der Waals surface area contributed by atoms with Gasteiger partial charge in [-0.3, -0.25) is 0 Å². The van der Waals surface area contributed by atoms with Gasteiger partial charge in [0.25, 0.3) is 0 Å². The van der Waals surface area contributed by atoms with Crippen molar-refractivity contribution in [2.45, 2.75) is 19.8 Å². The summed E-state index contributed by atoms with van der Waals surface area (Å²) in [6.07, 6.45) is 2.01. The minimum Gasteiger partial charge on any atom is -0.371 e. The van der Waals surface area contributed by atoms with E-state index in [1.165, 1.54) is 11.3 Å². The van der Waals surface area contributed by atoms with Gasteiger partial charge in [-0.2, -0.15) is 5.26 Å². The highest BCUT2D eigenvalue weighted by molar-refractivity contribution is 5.85. The minimum atomic E-state index is 0. The number of halogens is 1. The van der Waals surface area contributed by atoms with E-state index in [1.54, 1.807) is 0 Å². The summed E-state index contributed by atoms with van der Waals surface area (Å²) in [4.78, 5) is 2.38. The lowest BCUT2D eigenvalue weighted by molar-refractivity contribution is 0.488. The standard InChI is InChI=1S/C13H16N2.ClH/c1-11-3-2-4-13(9-11)15-7-5-12(10-14)6-8-15;/h2-4,9,12H,5-8H2,1H3;1H. The molecule has 0 unspecified atom stereocenters. The van der Waals surface area contributed by atoms with Crippen LogP contribution in [0.1, 0.15) is 18.4 Å². The van der Waals surface area contributed by atoms with Crippen LogP contribution in [0.2, 0.25) is 0 Å². The van der Waals surface area contributed by atoms with E-state index < -0.39 is 0 Å². The SMILES string of the molecule is Cc1cccc(N2CCC(C#N)CC2)c1.Cl. The Morgan fingerprint density at radius 2 is 2.00 bits per heavy atom. The van der Waals surface area contributed by atoms with Crippen LogP contribution in [-0.2, 0) is 0 Å². The third-order valence-corrected chi connectivity index (χ3v) is 3.04. The molecule has 1 fully saturated rings. The van der Waals surface area contributed by atoms with E-state index in [2.05, 4.69) is 42.2 Å². The molecule has 1 heterocycles. The van der Waals surface area contributed by atoms with Gasteiger partial charge in [0.05, 0.1) is 6.07 Å². The Bertz CT molecular complexity index is 376. The Labute approximate surface area is 103 Å². The van der Waals surface area contributed by atoms with Crippen LogP contribution < -0.4 is 4.90 Å². The number of nitriles is 1. The van der Waals surface area contributed by atoms with Gasteiger partial charge in [-0.15, -0.1) is 12.4 Å². The quantitative estimate of drug-likeness (QED) is 0.749. The number of anilines is 1. The summed E-state index contributed by atoms with van der Waals surface area (Å²) in [7, 11) is 0. The lowest BCUT2D eigenvalue weighted by atomic mass is 9.98. The topological polar surface area (TPSA) is 27.0 Å². The summed E-state index contributed by atoms with van der Waals surface area (Å²) in [5, 5.41) is 8.82. The Balaban J connectivity index is 0.00000128. The summed E-state index contributed by atoms with van der Waals surface area (Å²) < 4.78 is 0. The molecule has 0 saturated carbocycles. The van der Waals surface area contributed by atoms with E-state index >= 15 is 0 Å². The molecule has 1 saturated heterocycles. The van der Waals surface area contributed by atoms with Crippen molar-refractivity contribution in [3.63, 3.8) is 0 Å². The Kier molecular flexibility index (Phi) is 4.64. The van der Waals surface area contributed by atoms with Crippen LogP contribution in [0.15, 0.2) is 24.3 Å². The van der Waals surface area contributed by atoms with Crippen molar-refractivity contribution in [1.29, 1.82) is 5.26 Å². The second-order valence-electron chi connectivity index (χ2n) is 4.23. The molecule has 0 spiro atoms. The first-order valence-corrected chi connectivity index (χ1v) is 5.51. The molecule has 1 aliphatic rings. The van der Waals surface area contributed by atoms with Gasteiger partial charge in [0.15, 0.2) is 0 Å².